The lowest BCUT2D eigenvalue weighted by Gasteiger charge is -2.12. The maximum atomic E-state index is 9.49. The van der Waals surface area contributed by atoms with Gasteiger partial charge in [0.25, 0.3) is 0 Å². The van der Waals surface area contributed by atoms with Crippen molar-refractivity contribution in [3.05, 3.63) is 88.6 Å². The van der Waals surface area contributed by atoms with Gasteiger partial charge in [0.1, 0.15) is 11.5 Å². The van der Waals surface area contributed by atoms with Crippen LogP contribution in [0.4, 0.5) is 11.5 Å². The molecule has 0 unspecified atom stereocenters. The van der Waals surface area contributed by atoms with Crippen LogP contribution in [0, 0.1) is 6.92 Å². The first-order valence-electron chi connectivity index (χ1n) is 7.45. The molecule has 120 valence electrons. The SMILES string of the molecule is Cc1ccccc1C(=NO)c1ccc(Nc2ccccn2)cc1Cl. The monoisotopic (exact) mass is 337 g/mol. The highest BCUT2D eigenvalue weighted by Crippen LogP contribution is 2.26. The van der Waals surface area contributed by atoms with E-state index in [9.17, 15) is 5.21 Å². The second kappa shape index (κ2) is 7.15. The van der Waals surface area contributed by atoms with Crippen LogP contribution in [-0.2, 0) is 0 Å². The Labute approximate surface area is 145 Å². The fourth-order valence-corrected chi connectivity index (χ4v) is 2.73. The summed E-state index contributed by atoms with van der Waals surface area (Å²) >= 11 is 6.42. The van der Waals surface area contributed by atoms with Gasteiger partial charge < -0.3 is 10.5 Å². The van der Waals surface area contributed by atoms with Crippen LogP contribution < -0.4 is 5.32 Å². The Balaban J connectivity index is 1.93. The fraction of sp³-hybridized carbons (Fsp3) is 0.0526. The van der Waals surface area contributed by atoms with Gasteiger partial charge in [0.05, 0.1) is 5.02 Å². The fourth-order valence-electron chi connectivity index (χ4n) is 2.46. The van der Waals surface area contributed by atoms with Crippen LogP contribution >= 0.6 is 11.6 Å². The molecule has 0 aliphatic rings. The highest BCUT2D eigenvalue weighted by atomic mass is 35.5. The molecule has 2 aromatic carbocycles. The summed E-state index contributed by atoms with van der Waals surface area (Å²) in [7, 11) is 0. The minimum absolute atomic E-state index is 0.447. The van der Waals surface area contributed by atoms with E-state index in [0.29, 0.717) is 16.3 Å². The Bertz CT molecular complexity index is 879. The minimum atomic E-state index is 0.447. The number of hydrogen-bond donors (Lipinski definition) is 2. The van der Waals surface area contributed by atoms with Crippen molar-refractivity contribution in [1.82, 2.24) is 4.98 Å². The standard InChI is InChI=1S/C19H16ClN3O/c1-13-6-2-3-7-15(13)19(23-24)16-10-9-14(12-17(16)20)22-18-8-4-5-11-21-18/h2-12,24H,1H3,(H,21,22). The molecule has 24 heavy (non-hydrogen) atoms. The molecule has 0 bridgehead atoms. The number of halogens is 1. The largest absolute Gasteiger partial charge is 0.410 e. The zero-order valence-corrected chi connectivity index (χ0v) is 13.8. The summed E-state index contributed by atoms with van der Waals surface area (Å²) in [4.78, 5) is 4.22. The molecule has 3 aromatic rings. The topological polar surface area (TPSA) is 57.5 Å². The molecule has 0 saturated heterocycles. The van der Waals surface area contributed by atoms with Gasteiger partial charge in [-0.2, -0.15) is 0 Å². The number of rotatable bonds is 4. The van der Waals surface area contributed by atoms with Gasteiger partial charge in [-0.15, -0.1) is 0 Å². The van der Waals surface area contributed by atoms with E-state index in [1.165, 1.54) is 0 Å². The zero-order valence-electron chi connectivity index (χ0n) is 13.1. The first kappa shape index (κ1) is 16.0. The van der Waals surface area contributed by atoms with Gasteiger partial charge in [0.2, 0.25) is 0 Å². The summed E-state index contributed by atoms with van der Waals surface area (Å²) in [5.74, 6) is 0.733. The summed E-state index contributed by atoms with van der Waals surface area (Å²) < 4.78 is 0. The van der Waals surface area contributed by atoms with Crippen LogP contribution in [0.15, 0.2) is 72.0 Å². The van der Waals surface area contributed by atoms with E-state index < -0.39 is 0 Å². The summed E-state index contributed by atoms with van der Waals surface area (Å²) in [6.45, 7) is 1.96. The third-order valence-electron chi connectivity index (χ3n) is 3.66. The maximum absolute atomic E-state index is 9.49. The van der Waals surface area contributed by atoms with Crippen LogP contribution in [0.5, 0.6) is 0 Å². The Kier molecular flexibility index (Phi) is 4.77. The Morgan fingerprint density at radius 3 is 2.50 bits per heavy atom. The minimum Gasteiger partial charge on any atom is -0.410 e. The Morgan fingerprint density at radius 2 is 1.83 bits per heavy atom. The number of hydrogen-bond acceptors (Lipinski definition) is 4. The highest BCUT2D eigenvalue weighted by Gasteiger charge is 2.14. The van der Waals surface area contributed by atoms with E-state index in [0.717, 1.165) is 22.6 Å². The molecule has 3 rings (SSSR count). The molecule has 0 saturated carbocycles. The quantitative estimate of drug-likeness (QED) is 0.399. The zero-order chi connectivity index (χ0) is 16.9. The lowest BCUT2D eigenvalue weighted by molar-refractivity contribution is 0.319. The van der Waals surface area contributed by atoms with Crippen molar-refractivity contribution >= 4 is 28.8 Å². The van der Waals surface area contributed by atoms with Gasteiger partial charge in [-0.1, -0.05) is 47.1 Å². The first-order valence-corrected chi connectivity index (χ1v) is 7.83. The summed E-state index contributed by atoms with van der Waals surface area (Å²) in [6.07, 6.45) is 1.72. The summed E-state index contributed by atoms with van der Waals surface area (Å²) in [6, 6.07) is 18.8. The van der Waals surface area contributed by atoms with Crippen LogP contribution in [0.25, 0.3) is 0 Å². The molecule has 0 fully saturated rings. The van der Waals surface area contributed by atoms with Gasteiger partial charge in [0, 0.05) is 23.0 Å². The number of pyridine rings is 1. The number of nitrogens with one attached hydrogen (secondary N) is 1. The molecule has 0 atom stereocenters. The molecule has 1 heterocycles. The normalized spacial score (nSPS) is 11.3. The number of aryl methyl sites for hydroxylation is 1. The maximum Gasteiger partial charge on any atom is 0.130 e. The van der Waals surface area contributed by atoms with Gasteiger partial charge in [-0.05, 0) is 42.8 Å². The average Bonchev–Trinajstić information content (AvgIpc) is 2.60. The van der Waals surface area contributed by atoms with E-state index in [-0.39, 0.29) is 0 Å². The molecule has 1 aromatic heterocycles. The lowest BCUT2D eigenvalue weighted by Crippen LogP contribution is -2.06. The van der Waals surface area contributed by atoms with Gasteiger partial charge >= 0.3 is 0 Å². The number of aromatic nitrogens is 1. The van der Waals surface area contributed by atoms with Crippen molar-refractivity contribution in [2.75, 3.05) is 5.32 Å². The third-order valence-corrected chi connectivity index (χ3v) is 3.97. The van der Waals surface area contributed by atoms with E-state index in [1.807, 2.05) is 61.5 Å². The van der Waals surface area contributed by atoms with Gasteiger partial charge in [-0.25, -0.2) is 4.98 Å². The molecule has 4 nitrogen and oxygen atoms in total. The highest BCUT2D eigenvalue weighted by molar-refractivity contribution is 6.35. The van der Waals surface area contributed by atoms with E-state index in [2.05, 4.69) is 15.5 Å². The summed E-state index contributed by atoms with van der Waals surface area (Å²) in [5, 5.41) is 16.6. The first-order chi connectivity index (χ1) is 11.7. The number of oxime groups is 1. The molecule has 0 aliphatic heterocycles. The van der Waals surface area contributed by atoms with Crippen molar-refractivity contribution in [1.29, 1.82) is 0 Å². The summed E-state index contributed by atoms with van der Waals surface area (Å²) in [5.41, 5.74) is 3.77. The van der Waals surface area contributed by atoms with Crippen LogP contribution in [-0.4, -0.2) is 15.9 Å². The van der Waals surface area contributed by atoms with Crippen LogP contribution in [0.3, 0.4) is 0 Å². The van der Waals surface area contributed by atoms with Crippen molar-refractivity contribution in [2.45, 2.75) is 6.92 Å². The molecule has 5 heteroatoms. The second-order valence-electron chi connectivity index (χ2n) is 5.30. The second-order valence-corrected chi connectivity index (χ2v) is 5.71. The van der Waals surface area contributed by atoms with E-state index in [1.54, 1.807) is 12.3 Å². The van der Waals surface area contributed by atoms with Gasteiger partial charge in [0.15, 0.2) is 0 Å². The van der Waals surface area contributed by atoms with E-state index in [4.69, 9.17) is 11.6 Å². The van der Waals surface area contributed by atoms with Gasteiger partial charge in [-0.3, -0.25) is 0 Å². The van der Waals surface area contributed by atoms with Crippen molar-refractivity contribution in [3.8, 4) is 0 Å². The van der Waals surface area contributed by atoms with Crippen molar-refractivity contribution in [2.24, 2.45) is 5.16 Å². The number of anilines is 2. The molecule has 0 amide bonds. The average molecular weight is 338 g/mol. The van der Waals surface area contributed by atoms with E-state index >= 15 is 0 Å². The lowest BCUT2D eigenvalue weighted by atomic mass is 9.98. The van der Waals surface area contributed by atoms with Crippen molar-refractivity contribution < 1.29 is 5.21 Å². The smallest absolute Gasteiger partial charge is 0.130 e. The molecular formula is C19H16ClN3O. The van der Waals surface area contributed by atoms with Crippen LogP contribution in [0.2, 0.25) is 5.02 Å². The molecular weight excluding hydrogens is 322 g/mol. The number of nitrogens with zero attached hydrogens (tertiary/aromatic N) is 2. The predicted molar refractivity (Wildman–Crippen MR) is 97.6 cm³/mol. The molecule has 2 N–H and O–H groups in total. The predicted octanol–water partition coefficient (Wildman–Crippen LogP) is 5.01. The van der Waals surface area contributed by atoms with Crippen LogP contribution in [0.1, 0.15) is 16.7 Å². The Hall–Kier alpha value is -2.85. The third kappa shape index (κ3) is 3.39. The Morgan fingerprint density at radius 1 is 1.04 bits per heavy atom. The molecule has 0 radical (unpaired) electrons. The molecule has 0 aliphatic carbocycles. The number of benzene rings is 2. The molecule has 0 spiro atoms. The van der Waals surface area contributed by atoms with Crippen molar-refractivity contribution in [3.63, 3.8) is 0 Å².